The molecule has 2 atom stereocenters. The number of aliphatic hydroxyl groups excluding tert-OH is 1. The second kappa shape index (κ2) is 3.64. The van der Waals surface area contributed by atoms with E-state index in [0.29, 0.717) is 13.2 Å². The molecule has 4 heteroatoms. The van der Waals surface area contributed by atoms with Crippen molar-refractivity contribution in [2.75, 3.05) is 13.2 Å². The van der Waals surface area contributed by atoms with Crippen molar-refractivity contribution in [3.8, 4) is 0 Å². The van der Waals surface area contributed by atoms with Crippen molar-refractivity contribution in [1.29, 1.82) is 0 Å². The molecule has 0 aromatic carbocycles. The minimum Gasteiger partial charge on any atom is -0.464 e. The van der Waals surface area contributed by atoms with Crippen LogP contribution in [0.2, 0.25) is 0 Å². The van der Waals surface area contributed by atoms with E-state index < -0.39 is 18.2 Å². The van der Waals surface area contributed by atoms with Gasteiger partial charge in [0.05, 0.1) is 19.3 Å². The molecule has 0 aromatic rings. The van der Waals surface area contributed by atoms with Crippen LogP contribution in [0.5, 0.6) is 0 Å². The molecular formula is C9H16O4. The van der Waals surface area contributed by atoms with Gasteiger partial charge in [-0.1, -0.05) is 13.8 Å². The van der Waals surface area contributed by atoms with Gasteiger partial charge in [0.2, 0.25) is 0 Å². The summed E-state index contributed by atoms with van der Waals surface area (Å²) in [5.41, 5.74) is -0.364. The van der Waals surface area contributed by atoms with Gasteiger partial charge in [-0.3, -0.25) is 0 Å². The first-order chi connectivity index (χ1) is 5.99. The number of carbonyl (C=O) groups excluding carboxylic acids is 1. The van der Waals surface area contributed by atoms with Crippen molar-refractivity contribution in [2.24, 2.45) is 5.41 Å². The first-order valence-corrected chi connectivity index (χ1v) is 4.45. The molecular weight excluding hydrogens is 172 g/mol. The van der Waals surface area contributed by atoms with Gasteiger partial charge in [-0.15, -0.1) is 0 Å². The van der Waals surface area contributed by atoms with Gasteiger partial charge >= 0.3 is 5.97 Å². The number of carbonyl (C=O) groups is 1. The van der Waals surface area contributed by atoms with Gasteiger partial charge in [0.1, 0.15) is 0 Å². The molecule has 0 amide bonds. The summed E-state index contributed by atoms with van der Waals surface area (Å²) in [6.45, 7) is 6.14. The van der Waals surface area contributed by atoms with Crippen LogP contribution in [0.3, 0.4) is 0 Å². The zero-order chi connectivity index (χ0) is 10.1. The van der Waals surface area contributed by atoms with E-state index in [-0.39, 0.29) is 5.41 Å². The van der Waals surface area contributed by atoms with Crippen LogP contribution in [-0.2, 0) is 14.3 Å². The fourth-order valence-corrected chi connectivity index (χ4v) is 1.31. The Bertz CT molecular complexity index is 200. The standard InChI is InChI=1S/C9H16O4/c1-4-12-8(11)6-7(10)9(2,3)5-13-6/h6-7,10H,4-5H2,1-3H3. The molecule has 0 spiro atoms. The van der Waals surface area contributed by atoms with Crippen LogP contribution in [0.1, 0.15) is 20.8 Å². The van der Waals surface area contributed by atoms with Gasteiger partial charge in [0.25, 0.3) is 0 Å². The van der Waals surface area contributed by atoms with Gasteiger partial charge in [-0.05, 0) is 6.92 Å². The average Bonchev–Trinajstić information content (AvgIpc) is 2.28. The molecule has 1 rings (SSSR count). The quantitative estimate of drug-likeness (QED) is 0.635. The second-order valence-electron chi connectivity index (χ2n) is 3.92. The first-order valence-electron chi connectivity index (χ1n) is 4.45. The highest BCUT2D eigenvalue weighted by molar-refractivity contribution is 5.76. The number of aliphatic hydroxyl groups is 1. The molecule has 13 heavy (non-hydrogen) atoms. The molecule has 0 bridgehead atoms. The van der Waals surface area contributed by atoms with E-state index in [1.54, 1.807) is 6.92 Å². The maximum atomic E-state index is 11.2. The molecule has 0 aliphatic carbocycles. The lowest BCUT2D eigenvalue weighted by atomic mass is 9.87. The van der Waals surface area contributed by atoms with E-state index >= 15 is 0 Å². The van der Waals surface area contributed by atoms with Crippen LogP contribution >= 0.6 is 0 Å². The highest BCUT2D eigenvalue weighted by Gasteiger charge is 2.46. The van der Waals surface area contributed by atoms with Crippen molar-refractivity contribution < 1.29 is 19.4 Å². The maximum Gasteiger partial charge on any atom is 0.337 e. The molecule has 1 saturated heterocycles. The third-order valence-electron chi connectivity index (χ3n) is 2.24. The summed E-state index contributed by atoms with van der Waals surface area (Å²) in [4.78, 5) is 11.2. The van der Waals surface area contributed by atoms with Crippen molar-refractivity contribution in [3.63, 3.8) is 0 Å². The maximum absolute atomic E-state index is 11.2. The van der Waals surface area contributed by atoms with Crippen molar-refractivity contribution in [2.45, 2.75) is 33.0 Å². The van der Waals surface area contributed by atoms with Crippen molar-refractivity contribution in [3.05, 3.63) is 0 Å². The number of esters is 1. The number of rotatable bonds is 2. The summed E-state index contributed by atoms with van der Waals surface area (Å²) in [5.74, 6) is -0.472. The lowest BCUT2D eigenvalue weighted by Gasteiger charge is -2.21. The lowest BCUT2D eigenvalue weighted by molar-refractivity contribution is -0.157. The Balaban J connectivity index is 2.59. The number of ether oxygens (including phenoxy) is 2. The summed E-state index contributed by atoms with van der Waals surface area (Å²) < 4.78 is 9.94. The predicted molar refractivity (Wildman–Crippen MR) is 46.2 cm³/mol. The third kappa shape index (κ3) is 2.00. The van der Waals surface area contributed by atoms with Crippen LogP contribution in [0.4, 0.5) is 0 Å². The van der Waals surface area contributed by atoms with E-state index in [0.717, 1.165) is 0 Å². The zero-order valence-electron chi connectivity index (χ0n) is 8.24. The topological polar surface area (TPSA) is 55.8 Å². The molecule has 1 N–H and O–H groups in total. The number of hydrogen-bond acceptors (Lipinski definition) is 4. The van der Waals surface area contributed by atoms with E-state index in [4.69, 9.17) is 9.47 Å². The third-order valence-corrected chi connectivity index (χ3v) is 2.24. The average molecular weight is 188 g/mol. The minimum atomic E-state index is -0.810. The van der Waals surface area contributed by atoms with Gasteiger partial charge in [0, 0.05) is 5.41 Å². The Morgan fingerprint density at radius 3 is 2.69 bits per heavy atom. The lowest BCUT2D eigenvalue weighted by Crippen LogP contribution is -2.38. The van der Waals surface area contributed by atoms with Gasteiger partial charge in [-0.2, -0.15) is 0 Å². The molecule has 0 aromatic heterocycles. The van der Waals surface area contributed by atoms with Crippen molar-refractivity contribution >= 4 is 5.97 Å². The second-order valence-corrected chi connectivity index (χ2v) is 3.92. The molecule has 1 aliphatic heterocycles. The molecule has 4 nitrogen and oxygen atoms in total. The highest BCUT2D eigenvalue weighted by Crippen LogP contribution is 2.32. The fraction of sp³-hybridized carbons (Fsp3) is 0.889. The van der Waals surface area contributed by atoms with Gasteiger partial charge < -0.3 is 14.6 Å². The van der Waals surface area contributed by atoms with E-state index in [1.165, 1.54) is 0 Å². The molecule has 0 saturated carbocycles. The summed E-state index contributed by atoms with van der Waals surface area (Å²) >= 11 is 0. The minimum absolute atomic E-state index is 0.311. The normalized spacial score (nSPS) is 31.7. The molecule has 0 radical (unpaired) electrons. The SMILES string of the molecule is CCOC(=O)C1OCC(C)(C)C1O. The molecule has 1 aliphatic rings. The Hall–Kier alpha value is -0.610. The summed E-state index contributed by atoms with van der Waals surface area (Å²) in [6.07, 6.45) is -1.58. The largest absolute Gasteiger partial charge is 0.464 e. The van der Waals surface area contributed by atoms with Crippen LogP contribution in [0.25, 0.3) is 0 Å². The van der Waals surface area contributed by atoms with Crippen LogP contribution in [0.15, 0.2) is 0 Å². The Morgan fingerprint density at radius 2 is 2.31 bits per heavy atom. The van der Waals surface area contributed by atoms with Crippen molar-refractivity contribution in [1.82, 2.24) is 0 Å². The van der Waals surface area contributed by atoms with Gasteiger partial charge in [-0.25, -0.2) is 4.79 Å². The molecule has 1 heterocycles. The number of hydrogen-bond donors (Lipinski definition) is 1. The van der Waals surface area contributed by atoms with Crippen LogP contribution in [0, 0.1) is 5.41 Å². The van der Waals surface area contributed by atoms with Gasteiger partial charge in [0.15, 0.2) is 6.10 Å². The summed E-state index contributed by atoms with van der Waals surface area (Å²) in [6, 6.07) is 0. The van der Waals surface area contributed by atoms with Crippen LogP contribution < -0.4 is 0 Å². The Labute approximate surface area is 77.8 Å². The highest BCUT2D eigenvalue weighted by atomic mass is 16.6. The summed E-state index contributed by atoms with van der Waals surface area (Å²) in [7, 11) is 0. The zero-order valence-corrected chi connectivity index (χ0v) is 8.24. The molecule has 76 valence electrons. The monoisotopic (exact) mass is 188 g/mol. The van der Waals surface area contributed by atoms with E-state index in [1.807, 2.05) is 13.8 Å². The van der Waals surface area contributed by atoms with E-state index in [9.17, 15) is 9.90 Å². The van der Waals surface area contributed by atoms with Crippen LogP contribution in [-0.4, -0.2) is 36.5 Å². The smallest absolute Gasteiger partial charge is 0.337 e. The first kappa shape index (κ1) is 10.5. The molecule has 2 unspecified atom stereocenters. The summed E-state index contributed by atoms with van der Waals surface area (Å²) in [5, 5.41) is 9.69. The fourth-order valence-electron chi connectivity index (χ4n) is 1.31. The Kier molecular flexibility index (Phi) is 2.93. The predicted octanol–water partition coefficient (Wildman–Crippen LogP) is 0.335. The molecule has 1 fully saturated rings. The van der Waals surface area contributed by atoms with E-state index in [2.05, 4.69) is 0 Å². The Morgan fingerprint density at radius 1 is 1.69 bits per heavy atom.